The first-order chi connectivity index (χ1) is 8.70. The predicted molar refractivity (Wildman–Crippen MR) is 73.5 cm³/mol. The van der Waals surface area contributed by atoms with Crippen molar-refractivity contribution in [2.75, 3.05) is 19.0 Å². The summed E-state index contributed by atoms with van der Waals surface area (Å²) in [5, 5.41) is 8.30. The number of nitrogens with one attached hydrogen (secondary N) is 1. The van der Waals surface area contributed by atoms with Gasteiger partial charge in [-0.1, -0.05) is 11.6 Å². The van der Waals surface area contributed by atoms with Gasteiger partial charge in [0.05, 0.1) is 18.0 Å². The fourth-order valence-electron chi connectivity index (χ4n) is 1.79. The lowest BCUT2D eigenvalue weighted by molar-refractivity contribution is 0.190. The van der Waals surface area contributed by atoms with E-state index in [1.54, 1.807) is 18.0 Å². The van der Waals surface area contributed by atoms with Gasteiger partial charge in [-0.25, -0.2) is 4.68 Å². The smallest absolute Gasteiger partial charge is 0.0877 e. The van der Waals surface area contributed by atoms with E-state index in [0.29, 0.717) is 11.6 Å². The van der Waals surface area contributed by atoms with Crippen molar-refractivity contribution in [3.8, 4) is 5.69 Å². The van der Waals surface area contributed by atoms with Crippen LogP contribution in [0.3, 0.4) is 0 Å². The molecule has 1 aromatic carbocycles. The second-order valence-corrected chi connectivity index (χ2v) is 4.55. The van der Waals surface area contributed by atoms with Crippen LogP contribution < -0.4 is 5.32 Å². The number of hydrogen-bond donors (Lipinski definition) is 1. The van der Waals surface area contributed by atoms with Crippen molar-refractivity contribution in [1.29, 1.82) is 0 Å². The van der Waals surface area contributed by atoms with Crippen molar-refractivity contribution in [3.63, 3.8) is 0 Å². The zero-order chi connectivity index (χ0) is 13.0. The Bertz CT molecular complexity index is 499. The number of hydrogen-bond acceptors (Lipinski definition) is 3. The SMILES string of the molecule is COCC(C)Nc1cc(Cl)ccc1-n1cccn1. The van der Waals surface area contributed by atoms with Crippen LogP contribution in [-0.4, -0.2) is 29.5 Å². The van der Waals surface area contributed by atoms with Gasteiger partial charge < -0.3 is 10.1 Å². The Morgan fingerprint density at radius 2 is 2.33 bits per heavy atom. The van der Waals surface area contributed by atoms with Crippen LogP contribution in [0.1, 0.15) is 6.92 Å². The Morgan fingerprint density at radius 1 is 1.50 bits per heavy atom. The summed E-state index contributed by atoms with van der Waals surface area (Å²) in [6, 6.07) is 7.77. The number of nitrogens with zero attached hydrogens (tertiary/aromatic N) is 2. The summed E-state index contributed by atoms with van der Waals surface area (Å²) in [6.07, 6.45) is 3.65. The molecule has 1 unspecified atom stereocenters. The summed E-state index contributed by atoms with van der Waals surface area (Å²) in [6.45, 7) is 2.68. The van der Waals surface area contributed by atoms with E-state index in [1.165, 1.54) is 0 Å². The number of benzene rings is 1. The van der Waals surface area contributed by atoms with E-state index in [2.05, 4.69) is 17.3 Å². The summed E-state index contributed by atoms with van der Waals surface area (Å²) in [7, 11) is 1.69. The van der Waals surface area contributed by atoms with E-state index in [9.17, 15) is 0 Å². The minimum Gasteiger partial charge on any atom is -0.383 e. The van der Waals surface area contributed by atoms with E-state index < -0.39 is 0 Å². The van der Waals surface area contributed by atoms with Crippen LogP contribution in [0.25, 0.3) is 5.69 Å². The Kier molecular flexibility index (Phi) is 4.23. The summed E-state index contributed by atoms with van der Waals surface area (Å²) >= 11 is 6.04. The fourth-order valence-corrected chi connectivity index (χ4v) is 1.96. The van der Waals surface area contributed by atoms with Crippen LogP contribution in [0.4, 0.5) is 5.69 Å². The number of rotatable bonds is 5. The molecular formula is C13H16ClN3O. The molecule has 5 heteroatoms. The van der Waals surface area contributed by atoms with Gasteiger partial charge in [-0.3, -0.25) is 0 Å². The summed E-state index contributed by atoms with van der Waals surface area (Å²) in [4.78, 5) is 0. The first-order valence-corrected chi connectivity index (χ1v) is 6.13. The molecule has 0 aliphatic rings. The second-order valence-electron chi connectivity index (χ2n) is 4.11. The van der Waals surface area contributed by atoms with Crippen LogP contribution in [0.5, 0.6) is 0 Å². The van der Waals surface area contributed by atoms with Crippen molar-refractivity contribution in [1.82, 2.24) is 9.78 Å². The maximum Gasteiger partial charge on any atom is 0.0877 e. The van der Waals surface area contributed by atoms with Gasteiger partial charge in [0.1, 0.15) is 0 Å². The standard InChI is InChI=1S/C13H16ClN3O/c1-10(9-18-2)16-12-8-11(14)4-5-13(12)17-7-3-6-15-17/h3-8,10,16H,9H2,1-2H3. The highest BCUT2D eigenvalue weighted by atomic mass is 35.5. The number of aromatic nitrogens is 2. The number of methoxy groups -OCH3 is 1. The molecule has 96 valence electrons. The maximum atomic E-state index is 6.04. The molecule has 0 bridgehead atoms. The number of halogens is 1. The molecule has 0 radical (unpaired) electrons. The van der Waals surface area contributed by atoms with E-state index in [4.69, 9.17) is 16.3 Å². The zero-order valence-electron chi connectivity index (χ0n) is 10.4. The van der Waals surface area contributed by atoms with Crippen molar-refractivity contribution in [3.05, 3.63) is 41.7 Å². The van der Waals surface area contributed by atoms with Crippen LogP contribution >= 0.6 is 11.6 Å². The Hall–Kier alpha value is -1.52. The van der Waals surface area contributed by atoms with Gasteiger partial charge in [0.2, 0.25) is 0 Å². The first-order valence-electron chi connectivity index (χ1n) is 5.75. The fraction of sp³-hybridized carbons (Fsp3) is 0.308. The van der Waals surface area contributed by atoms with Crippen molar-refractivity contribution in [2.45, 2.75) is 13.0 Å². The highest BCUT2D eigenvalue weighted by Gasteiger charge is 2.08. The molecule has 1 aromatic heterocycles. The van der Waals surface area contributed by atoms with Crippen molar-refractivity contribution >= 4 is 17.3 Å². The van der Waals surface area contributed by atoms with E-state index in [0.717, 1.165) is 11.4 Å². The lowest BCUT2D eigenvalue weighted by atomic mass is 10.2. The highest BCUT2D eigenvalue weighted by Crippen LogP contribution is 2.24. The number of ether oxygens (including phenoxy) is 1. The zero-order valence-corrected chi connectivity index (χ0v) is 11.2. The predicted octanol–water partition coefficient (Wildman–Crippen LogP) is 2.97. The van der Waals surface area contributed by atoms with Gasteiger partial charge in [-0.05, 0) is 31.2 Å². The summed E-state index contributed by atoms with van der Waals surface area (Å²) < 4.78 is 6.92. The normalized spacial score (nSPS) is 12.4. The molecule has 1 heterocycles. The van der Waals surface area contributed by atoms with Crippen LogP contribution in [0.2, 0.25) is 5.02 Å². The molecule has 0 fully saturated rings. The third kappa shape index (κ3) is 3.03. The van der Waals surface area contributed by atoms with E-state index >= 15 is 0 Å². The molecule has 18 heavy (non-hydrogen) atoms. The minimum absolute atomic E-state index is 0.197. The Balaban J connectivity index is 2.29. The van der Waals surface area contributed by atoms with Gasteiger partial charge in [-0.2, -0.15) is 5.10 Å². The molecular weight excluding hydrogens is 250 g/mol. The second kappa shape index (κ2) is 5.89. The first kappa shape index (κ1) is 12.9. The molecule has 1 N–H and O–H groups in total. The van der Waals surface area contributed by atoms with Crippen LogP contribution in [0.15, 0.2) is 36.7 Å². The van der Waals surface area contributed by atoms with Crippen LogP contribution in [-0.2, 0) is 4.74 Å². The molecule has 0 saturated carbocycles. The van der Waals surface area contributed by atoms with Crippen molar-refractivity contribution in [2.24, 2.45) is 0 Å². The molecule has 0 aliphatic heterocycles. The molecule has 0 aliphatic carbocycles. The van der Waals surface area contributed by atoms with Crippen molar-refractivity contribution < 1.29 is 4.74 Å². The lowest BCUT2D eigenvalue weighted by Crippen LogP contribution is -2.21. The van der Waals surface area contributed by atoms with E-state index in [1.807, 2.05) is 30.5 Å². The Labute approximate surface area is 112 Å². The molecule has 4 nitrogen and oxygen atoms in total. The molecule has 2 aromatic rings. The quantitative estimate of drug-likeness (QED) is 0.903. The maximum absolute atomic E-state index is 6.04. The third-order valence-electron chi connectivity index (χ3n) is 2.53. The van der Waals surface area contributed by atoms with Gasteiger partial charge in [0, 0.05) is 30.6 Å². The monoisotopic (exact) mass is 265 g/mol. The Morgan fingerprint density at radius 3 is 3.00 bits per heavy atom. The van der Waals surface area contributed by atoms with Gasteiger partial charge in [0.25, 0.3) is 0 Å². The largest absolute Gasteiger partial charge is 0.383 e. The molecule has 0 amide bonds. The topological polar surface area (TPSA) is 39.1 Å². The number of anilines is 1. The molecule has 1 atom stereocenters. The average Bonchev–Trinajstić information content (AvgIpc) is 2.83. The molecule has 0 saturated heterocycles. The van der Waals surface area contributed by atoms with Gasteiger partial charge in [-0.15, -0.1) is 0 Å². The molecule has 2 rings (SSSR count). The van der Waals surface area contributed by atoms with Crippen LogP contribution in [0, 0.1) is 0 Å². The third-order valence-corrected chi connectivity index (χ3v) is 2.76. The highest BCUT2D eigenvalue weighted by molar-refractivity contribution is 6.31. The lowest BCUT2D eigenvalue weighted by Gasteiger charge is -2.17. The molecule has 0 spiro atoms. The summed E-state index contributed by atoms with van der Waals surface area (Å²) in [5.41, 5.74) is 1.91. The summed E-state index contributed by atoms with van der Waals surface area (Å²) in [5.74, 6) is 0. The van der Waals surface area contributed by atoms with E-state index in [-0.39, 0.29) is 6.04 Å². The average molecular weight is 266 g/mol. The minimum atomic E-state index is 0.197. The van der Waals surface area contributed by atoms with Gasteiger partial charge >= 0.3 is 0 Å². The van der Waals surface area contributed by atoms with Gasteiger partial charge in [0.15, 0.2) is 0 Å².